The van der Waals surface area contributed by atoms with Gasteiger partial charge in [0.15, 0.2) is 5.75 Å². The first-order chi connectivity index (χ1) is 9.15. The van der Waals surface area contributed by atoms with Gasteiger partial charge in [-0.15, -0.1) is 0 Å². The second-order valence-electron chi connectivity index (χ2n) is 4.82. The van der Waals surface area contributed by atoms with Crippen molar-refractivity contribution in [1.82, 2.24) is 15.1 Å². The number of hydrogen-bond acceptors (Lipinski definition) is 4. The standard InChI is InChI=1S/C14H27N3OS/c1-6-8-19-10-12(15-7-2)14-13(18-5)9-16-17(14)11(3)4/h9,11-12,15H,6-8,10H2,1-5H3. The van der Waals surface area contributed by atoms with Crippen LogP contribution in [0.5, 0.6) is 5.75 Å². The molecule has 0 radical (unpaired) electrons. The van der Waals surface area contributed by atoms with E-state index in [2.05, 4.69) is 42.8 Å². The van der Waals surface area contributed by atoms with Gasteiger partial charge in [-0.2, -0.15) is 16.9 Å². The number of thioether (sulfide) groups is 1. The lowest BCUT2D eigenvalue weighted by Crippen LogP contribution is -2.27. The zero-order valence-electron chi connectivity index (χ0n) is 12.8. The average molecular weight is 285 g/mol. The van der Waals surface area contributed by atoms with Crippen LogP contribution < -0.4 is 10.1 Å². The van der Waals surface area contributed by atoms with Gasteiger partial charge in [-0.3, -0.25) is 4.68 Å². The van der Waals surface area contributed by atoms with E-state index < -0.39 is 0 Å². The van der Waals surface area contributed by atoms with Crippen molar-refractivity contribution >= 4 is 11.8 Å². The highest BCUT2D eigenvalue weighted by Crippen LogP contribution is 2.29. The molecule has 1 atom stereocenters. The maximum absolute atomic E-state index is 5.48. The monoisotopic (exact) mass is 285 g/mol. The molecule has 0 aliphatic heterocycles. The fraction of sp³-hybridized carbons (Fsp3) is 0.786. The van der Waals surface area contributed by atoms with Gasteiger partial charge >= 0.3 is 0 Å². The largest absolute Gasteiger partial charge is 0.493 e. The average Bonchev–Trinajstić information content (AvgIpc) is 2.81. The maximum Gasteiger partial charge on any atom is 0.161 e. The Kier molecular flexibility index (Phi) is 7.31. The third-order valence-electron chi connectivity index (χ3n) is 2.92. The number of rotatable bonds is 9. The molecular weight excluding hydrogens is 258 g/mol. The molecule has 0 bridgehead atoms. The molecule has 110 valence electrons. The molecule has 0 aromatic carbocycles. The van der Waals surface area contributed by atoms with Gasteiger partial charge in [0.25, 0.3) is 0 Å². The highest BCUT2D eigenvalue weighted by Gasteiger charge is 2.22. The van der Waals surface area contributed by atoms with Gasteiger partial charge in [-0.05, 0) is 32.6 Å². The van der Waals surface area contributed by atoms with E-state index >= 15 is 0 Å². The number of hydrogen-bond donors (Lipinski definition) is 1. The Morgan fingerprint density at radius 1 is 1.42 bits per heavy atom. The summed E-state index contributed by atoms with van der Waals surface area (Å²) in [6.45, 7) is 9.61. The van der Waals surface area contributed by atoms with E-state index in [-0.39, 0.29) is 0 Å². The van der Waals surface area contributed by atoms with E-state index in [4.69, 9.17) is 4.74 Å². The van der Waals surface area contributed by atoms with Crippen LogP contribution >= 0.6 is 11.8 Å². The lowest BCUT2D eigenvalue weighted by atomic mass is 10.2. The quantitative estimate of drug-likeness (QED) is 0.707. The first-order valence-electron chi connectivity index (χ1n) is 7.08. The minimum atomic E-state index is 0.293. The van der Waals surface area contributed by atoms with Gasteiger partial charge in [-0.25, -0.2) is 0 Å². The van der Waals surface area contributed by atoms with Gasteiger partial charge in [-0.1, -0.05) is 13.8 Å². The van der Waals surface area contributed by atoms with Crippen LogP contribution in [-0.2, 0) is 0 Å². The molecule has 1 rings (SSSR count). The van der Waals surface area contributed by atoms with Crippen molar-refractivity contribution in [3.05, 3.63) is 11.9 Å². The highest BCUT2D eigenvalue weighted by molar-refractivity contribution is 7.99. The number of aromatic nitrogens is 2. The molecular formula is C14H27N3OS. The highest BCUT2D eigenvalue weighted by atomic mass is 32.2. The Balaban J connectivity index is 2.94. The summed E-state index contributed by atoms with van der Waals surface area (Å²) in [6, 6.07) is 0.637. The van der Waals surface area contributed by atoms with Crippen molar-refractivity contribution in [2.24, 2.45) is 0 Å². The Labute approximate surface area is 121 Å². The summed E-state index contributed by atoms with van der Waals surface area (Å²) in [5, 5.41) is 8.01. The normalized spacial score (nSPS) is 12.9. The lowest BCUT2D eigenvalue weighted by molar-refractivity contribution is 0.391. The first kappa shape index (κ1) is 16.4. The van der Waals surface area contributed by atoms with Crippen LogP contribution in [0, 0.1) is 0 Å². The number of ether oxygens (including phenoxy) is 1. The van der Waals surface area contributed by atoms with E-state index in [1.807, 2.05) is 18.0 Å². The minimum Gasteiger partial charge on any atom is -0.493 e. The van der Waals surface area contributed by atoms with E-state index in [1.54, 1.807) is 7.11 Å². The second kappa shape index (κ2) is 8.48. The molecule has 19 heavy (non-hydrogen) atoms. The molecule has 1 unspecified atom stereocenters. The van der Waals surface area contributed by atoms with Crippen molar-refractivity contribution in [1.29, 1.82) is 0 Å². The van der Waals surface area contributed by atoms with Crippen molar-refractivity contribution in [3.8, 4) is 5.75 Å². The molecule has 0 amide bonds. The van der Waals surface area contributed by atoms with Crippen LogP contribution in [0.4, 0.5) is 0 Å². The zero-order chi connectivity index (χ0) is 14.3. The van der Waals surface area contributed by atoms with Gasteiger partial charge in [0.05, 0.1) is 25.0 Å². The summed E-state index contributed by atoms with van der Waals surface area (Å²) in [5.74, 6) is 3.13. The Hall–Kier alpha value is -0.680. The number of nitrogens with one attached hydrogen (secondary N) is 1. The van der Waals surface area contributed by atoms with Crippen LogP contribution in [0.3, 0.4) is 0 Å². The van der Waals surface area contributed by atoms with Crippen LogP contribution in [0.2, 0.25) is 0 Å². The van der Waals surface area contributed by atoms with Crippen LogP contribution in [0.15, 0.2) is 6.20 Å². The molecule has 0 fully saturated rings. The molecule has 0 aliphatic rings. The molecule has 0 spiro atoms. The van der Waals surface area contributed by atoms with Gasteiger partial charge in [0.1, 0.15) is 0 Å². The summed E-state index contributed by atoms with van der Waals surface area (Å²) < 4.78 is 7.55. The molecule has 4 nitrogen and oxygen atoms in total. The molecule has 1 aromatic heterocycles. The Morgan fingerprint density at radius 2 is 2.16 bits per heavy atom. The van der Waals surface area contributed by atoms with Crippen molar-refractivity contribution in [2.45, 2.75) is 46.2 Å². The lowest BCUT2D eigenvalue weighted by Gasteiger charge is -2.22. The smallest absolute Gasteiger partial charge is 0.161 e. The van der Waals surface area contributed by atoms with E-state index in [9.17, 15) is 0 Å². The van der Waals surface area contributed by atoms with E-state index in [1.165, 1.54) is 17.9 Å². The predicted octanol–water partition coefficient (Wildman–Crippen LogP) is 3.27. The van der Waals surface area contributed by atoms with Gasteiger partial charge in [0.2, 0.25) is 0 Å². The summed E-state index contributed by atoms with van der Waals surface area (Å²) >= 11 is 1.98. The Morgan fingerprint density at radius 3 is 2.68 bits per heavy atom. The van der Waals surface area contributed by atoms with Crippen LogP contribution in [-0.4, -0.2) is 34.9 Å². The summed E-state index contributed by atoms with van der Waals surface area (Å²) in [6.07, 6.45) is 3.04. The molecule has 0 aliphatic carbocycles. The topological polar surface area (TPSA) is 39.1 Å². The fourth-order valence-electron chi connectivity index (χ4n) is 2.08. The van der Waals surface area contributed by atoms with Crippen molar-refractivity contribution < 1.29 is 4.74 Å². The van der Waals surface area contributed by atoms with E-state index in [0.717, 1.165) is 18.0 Å². The third kappa shape index (κ3) is 4.42. The molecule has 0 saturated carbocycles. The maximum atomic E-state index is 5.48. The molecule has 1 N–H and O–H groups in total. The van der Waals surface area contributed by atoms with Crippen LogP contribution in [0.25, 0.3) is 0 Å². The fourth-order valence-corrected chi connectivity index (χ4v) is 3.05. The predicted molar refractivity (Wildman–Crippen MR) is 83.2 cm³/mol. The van der Waals surface area contributed by atoms with Crippen LogP contribution in [0.1, 0.15) is 51.9 Å². The molecule has 1 aromatic rings. The zero-order valence-corrected chi connectivity index (χ0v) is 13.6. The summed E-state index contributed by atoms with van der Waals surface area (Å²) in [7, 11) is 1.72. The molecule has 5 heteroatoms. The first-order valence-corrected chi connectivity index (χ1v) is 8.23. The number of nitrogens with zero attached hydrogens (tertiary/aromatic N) is 2. The second-order valence-corrected chi connectivity index (χ2v) is 5.97. The van der Waals surface area contributed by atoms with Crippen molar-refractivity contribution in [3.63, 3.8) is 0 Å². The summed E-state index contributed by atoms with van der Waals surface area (Å²) in [4.78, 5) is 0. The van der Waals surface area contributed by atoms with E-state index in [0.29, 0.717) is 12.1 Å². The van der Waals surface area contributed by atoms with Gasteiger partial charge in [0, 0.05) is 11.8 Å². The SMILES string of the molecule is CCCSCC(NCC)c1c(OC)cnn1C(C)C. The number of methoxy groups -OCH3 is 1. The molecule has 1 heterocycles. The van der Waals surface area contributed by atoms with Gasteiger partial charge < -0.3 is 10.1 Å². The Bertz CT molecular complexity index is 366. The minimum absolute atomic E-state index is 0.293. The molecule has 0 saturated heterocycles. The third-order valence-corrected chi connectivity index (χ3v) is 4.19. The summed E-state index contributed by atoms with van der Waals surface area (Å²) in [5.41, 5.74) is 1.17. The van der Waals surface area contributed by atoms with Crippen molar-refractivity contribution in [2.75, 3.05) is 25.2 Å².